The molecule has 1 unspecified atom stereocenters. The number of para-hydroxylation sites is 1. The summed E-state index contributed by atoms with van der Waals surface area (Å²) in [4.78, 5) is 25.3. The number of thiophene rings is 1. The van der Waals surface area contributed by atoms with Crippen molar-refractivity contribution in [2.45, 2.75) is 46.0 Å². The average Bonchev–Trinajstić information content (AvgIpc) is 3.13. The van der Waals surface area contributed by atoms with E-state index in [1.54, 1.807) is 0 Å². The Kier molecular flexibility index (Phi) is 8.51. The molecule has 2 aromatic rings. The van der Waals surface area contributed by atoms with Gasteiger partial charge in [0.2, 0.25) is 5.91 Å². The van der Waals surface area contributed by atoms with E-state index in [0.29, 0.717) is 43.2 Å². The van der Waals surface area contributed by atoms with Crippen molar-refractivity contribution >= 4 is 28.3 Å². The predicted molar refractivity (Wildman–Crippen MR) is 124 cm³/mol. The Morgan fingerprint density at radius 2 is 2.09 bits per heavy atom. The van der Waals surface area contributed by atoms with Crippen LogP contribution in [0.5, 0.6) is 5.75 Å². The maximum Gasteiger partial charge on any atom is 0.407 e. The summed E-state index contributed by atoms with van der Waals surface area (Å²) in [6.45, 7) is 5.24. The molecular formula is C24H29N3O4S. The third-order valence-corrected chi connectivity index (χ3v) is 6.57. The molecule has 0 saturated carbocycles. The number of benzene rings is 1. The minimum Gasteiger partial charge on any atom is -0.494 e. The van der Waals surface area contributed by atoms with Crippen LogP contribution in [0, 0.1) is 17.2 Å². The van der Waals surface area contributed by atoms with E-state index in [9.17, 15) is 14.9 Å². The molecule has 0 spiro atoms. The molecule has 3 rings (SSSR count). The number of amides is 2. The minimum absolute atomic E-state index is 0.123. The van der Waals surface area contributed by atoms with Crippen LogP contribution in [0.2, 0.25) is 0 Å². The molecule has 170 valence electrons. The largest absolute Gasteiger partial charge is 0.494 e. The zero-order valence-electron chi connectivity index (χ0n) is 18.5. The summed E-state index contributed by atoms with van der Waals surface area (Å²) in [5.41, 5.74) is 2.57. The van der Waals surface area contributed by atoms with Crippen molar-refractivity contribution in [2.24, 2.45) is 5.92 Å². The first kappa shape index (κ1) is 23.6. The normalized spacial score (nSPS) is 14.7. The Morgan fingerprint density at radius 1 is 1.28 bits per heavy atom. The number of nitrogens with one attached hydrogen (secondary N) is 2. The van der Waals surface area contributed by atoms with Crippen molar-refractivity contribution in [1.82, 2.24) is 5.32 Å². The molecule has 1 atom stereocenters. The highest BCUT2D eigenvalue weighted by molar-refractivity contribution is 7.16. The molecule has 0 aliphatic heterocycles. The second-order valence-electron chi connectivity index (χ2n) is 7.65. The second kappa shape index (κ2) is 11.5. The molecule has 7 nitrogen and oxygen atoms in total. The molecule has 1 aromatic heterocycles. The van der Waals surface area contributed by atoms with Crippen LogP contribution in [0.1, 0.15) is 48.3 Å². The molecule has 0 fully saturated rings. The summed E-state index contributed by atoms with van der Waals surface area (Å²) in [6.07, 6.45) is 2.80. The number of anilines is 1. The summed E-state index contributed by atoms with van der Waals surface area (Å²) in [5.74, 6) is 0.893. The fourth-order valence-corrected chi connectivity index (χ4v) is 5.16. The number of nitriles is 1. The van der Waals surface area contributed by atoms with Crippen molar-refractivity contribution < 1.29 is 19.1 Å². The van der Waals surface area contributed by atoms with Crippen LogP contribution in [-0.2, 0) is 28.8 Å². The number of rotatable bonds is 9. The van der Waals surface area contributed by atoms with E-state index in [1.807, 2.05) is 38.1 Å². The van der Waals surface area contributed by atoms with Gasteiger partial charge in [-0.05, 0) is 62.6 Å². The fraction of sp³-hybridized carbons (Fsp3) is 0.458. The third-order valence-electron chi connectivity index (χ3n) is 5.40. The van der Waals surface area contributed by atoms with E-state index < -0.39 is 6.09 Å². The van der Waals surface area contributed by atoms with Crippen molar-refractivity contribution in [1.29, 1.82) is 5.26 Å². The fourth-order valence-electron chi connectivity index (χ4n) is 3.84. The number of hydrogen-bond acceptors (Lipinski definition) is 6. The summed E-state index contributed by atoms with van der Waals surface area (Å²) in [5, 5.41) is 15.9. The van der Waals surface area contributed by atoms with Crippen LogP contribution in [0.25, 0.3) is 0 Å². The molecule has 0 saturated heterocycles. The lowest BCUT2D eigenvalue weighted by molar-refractivity contribution is -0.116. The van der Waals surface area contributed by atoms with E-state index in [0.717, 1.165) is 41.0 Å². The number of alkyl carbamates (subject to hydrolysis) is 1. The smallest absolute Gasteiger partial charge is 0.407 e. The number of hydrogen-bond donors (Lipinski definition) is 2. The summed E-state index contributed by atoms with van der Waals surface area (Å²) in [7, 11) is 0. The lowest BCUT2D eigenvalue weighted by Crippen LogP contribution is -2.27. The number of carbonyl (C=O) groups is 2. The van der Waals surface area contributed by atoms with Crippen LogP contribution < -0.4 is 15.4 Å². The molecular weight excluding hydrogens is 426 g/mol. The molecule has 2 amide bonds. The van der Waals surface area contributed by atoms with E-state index in [-0.39, 0.29) is 11.8 Å². The van der Waals surface area contributed by atoms with Gasteiger partial charge in [-0.2, -0.15) is 5.26 Å². The molecule has 1 aliphatic carbocycles. The Morgan fingerprint density at radius 3 is 2.84 bits per heavy atom. The number of ether oxygens (including phenoxy) is 2. The van der Waals surface area contributed by atoms with Crippen LogP contribution >= 0.6 is 11.3 Å². The average molecular weight is 456 g/mol. The highest BCUT2D eigenvalue weighted by Crippen LogP contribution is 2.39. The third kappa shape index (κ3) is 6.01. The summed E-state index contributed by atoms with van der Waals surface area (Å²) >= 11 is 1.46. The second-order valence-corrected chi connectivity index (χ2v) is 8.75. The van der Waals surface area contributed by atoms with Gasteiger partial charge in [-0.3, -0.25) is 4.79 Å². The number of aryl methyl sites for hydroxylation is 1. The Bertz CT molecular complexity index is 996. The van der Waals surface area contributed by atoms with E-state index in [4.69, 9.17) is 9.47 Å². The number of fused-ring (bicyclic) bond motifs is 1. The lowest BCUT2D eigenvalue weighted by atomic mass is 9.88. The van der Waals surface area contributed by atoms with Gasteiger partial charge in [0.05, 0.1) is 18.8 Å². The van der Waals surface area contributed by atoms with Crippen molar-refractivity contribution in [3.05, 3.63) is 45.8 Å². The molecule has 0 radical (unpaired) electrons. The number of nitrogens with zero attached hydrogens (tertiary/aromatic N) is 1. The van der Waals surface area contributed by atoms with Gasteiger partial charge in [0, 0.05) is 17.8 Å². The van der Waals surface area contributed by atoms with Crippen LogP contribution in [0.3, 0.4) is 0 Å². The predicted octanol–water partition coefficient (Wildman–Crippen LogP) is 4.44. The van der Waals surface area contributed by atoms with Crippen LogP contribution in [0.4, 0.5) is 9.80 Å². The molecule has 32 heavy (non-hydrogen) atoms. The van der Waals surface area contributed by atoms with Gasteiger partial charge in [-0.15, -0.1) is 11.3 Å². The van der Waals surface area contributed by atoms with E-state index in [1.165, 1.54) is 11.3 Å². The van der Waals surface area contributed by atoms with Gasteiger partial charge in [-0.25, -0.2) is 4.79 Å². The Hall–Kier alpha value is -3.05. The summed E-state index contributed by atoms with van der Waals surface area (Å²) < 4.78 is 10.9. The van der Waals surface area contributed by atoms with Gasteiger partial charge < -0.3 is 20.1 Å². The highest BCUT2D eigenvalue weighted by atomic mass is 32.1. The molecule has 1 aromatic carbocycles. The van der Waals surface area contributed by atoms with E-state index in [2.05, 4.69) is 16.7 Å². The zero-order valence-corrected chi connectivity index (χ0v) is 19.3. The molecule has 1 heterocycles. The lowest BCUT2D eigenvalue weighted by Gasteiger charge is -2.21. The minimum atomic E-state index is -0.402. The Balaban J connectivity index is 1.60. The van der Waals surface area contributed by atoms with Gasteiger partial charge >= 0.3 is 6.09 Å². The first-order valence-corrected chi connectivity index (χ1v) is 11.8. The summed E-state index contributed by atoms with van der Waals surface area (Å²) in [6, 6.07) is 9.99. The maximum absolute atomic E-state index is 12.6. The van der Waals surface area contributed by atoms with Crippen molar-refractivity contribution in [2.75, 3.05) is 25.1 Å². The molecule has 2 N–H and O–H groups in total. The van der Waals surface area contributed by atoms with Crippen molar-refractivity contribution in [3.63, 3.8) is 0 Å². The number of carbonyl (C=O) groups excluding carboxylic acids is 2. The van der Waals surface area contributed by atoms with Crippen LogP contribution in [0.15, 0.2) is 24.3 Å². The highest BCUT2D eigenvalue weighted by Gasteiger charge is 2.27. The van der Waals surface area contributed by atoms with Crippen LogP contribution in [-0.4, -0.2) is 31.8 Å². The topological polar surface area (TPSA) is 100 Å². The van der Waals surface area contributed by atoms with E-state index >= 15 is 0 Å². The van der Waals surface area contributed by atoms with Gasteiger partial charge in [-0.1, -0.05) is 18.2 Å². The van der Waals surface area contributed by atoms with Gasteiger partial charge in [0.15, 0.2) is 0 Å². The quantitative estimate of drug-likeness (QED) is 0.582. The maximum atomic E-state index is 12.6. The molecule has 1 aliphatic rings. The SMILES string of the molecule is CCNC(=O)OCC1CCc2c(sc(NC(=O)CCc3ccccc3OCC)c2C#N)C1. The van der Waals surface area contributed by atoms with Crippen molar-refractivity contribution in [3.8, 4) is 11.8 Å². The standard InChI is InChI=1S/C24H29N3O4S/c1-3-26-24(29)31-15-16-9-11-18-19(14-25)23(32-21(18)13-16)27-22(28)12-10-17-7-5-6-8-20(17)30-4-2/h5-8,16H,3-4,9-13,15H2,1-2H3,(H,26,29)(H,27,28). The molecule has 0 bridgehead atoms. The zero-order chi connectivity index (χ0) is 22.9. The first-order chi connectivity index (χ1) is 15.5. The van der Waals surface area contributed by atoms with Gasteiger partial charge in [0.25, 0.3) is 0 Å². The first-order valence-electron chi connectivity index (χ1n) is 11.0. The molecule has 8 heteroatoms. The monoisotopic (exact) mass is 455 g/mol. The van der Waals surface area contributed by atoms with Gasteiger partial charge in [0.1, 0.15) is 16.8 Å². The Labute approximate surface area is 192 Å².